The molecule has 148 valence electrons. The maximum Gasteiger partial charge on any atom is 0.414 e. The molecule has 9 heteroatoms. The molecule has 2 aromatic carbocycles. The van der Waals surface area contributed by atoms with Crippen LogP contribution in [0.15, 0.2) is 53.0 Å². The zero-order chi connectivity index (χ0) is 20.4. The Bertz CT molecular complexity index is 1060. The van der Waals surface area contributed by atoms with Gasteiger partial charge in [0.25, 0.3) is 11.8 Å². The van der Waals surface area contributed by atoms with Crippen LogP contribution < -0.4 is 15.4 Å². The number of fused-ring (bicyclic) bond motifs is 1. The fourth-order valence-electron chi connectivity index (χ4n) is 3.23. The van der Waals surface area contributed by atoms with Crippen LogP contribution in [0.3, 0.4) is 0 Å². The van der Waals surface area contributed by atoms with Crippen molar-refractivity contribution < 1.29 is 14.3 Å². The van der Waals surface area contributed by atoms with Crippen molar-refractivity contribution >= 4 is 45.3 Å². The van der Waals surface area contributed by atoms with Gasteiger partial charge in [-0.2, -0.15) is 0 Å². The van der Waals surface area contributed by atoms with Gasteiger partial charge < -0.3 is 15.4 Å². The number of amides is 2. The normalized spacial score (nSPS) is 13.0. The average molecular weight is 476 g/mol. The molecule has 0 atom stereocenters. The number of rotatable bonds is 4. The summed E-state index contributed by atoms with van der Waals surface area (Å²) in [7, 11) is 0. The fourth-order valence-corrected chi connectivity index (χ4v) is 3.81. The highest BCUT2D eigenvalue weighted by Crippen LogP contribution is 2.31. The van der Waals surface area contributed by atoms with Crippen LogP contribution in [-0.2, 0) is 12.8 Å². The topological polar surface area (TPSA) is 96.1 Å². The Kier molecular flexibility index (Phi) is 5.55. The van der Waals surface area contributed by atoms with Crippen LogP contribution in [0, 0.1) is 0 Å². The Morgan fingerprint density at radius 1 is 1.10 bits per heavy atom. The second-order valence-electron chi connectivity index (χ2n) is 6.56. The van der Waals surface area contributed by atoms with Crippen LogP contribution in [0.2, 0.25) is 5.02 Å². The summed E-state index contributed by atoms with van der Waals surface area (Å²) in [5.41, 5.74) is 2.77. The molecule has 0 saturated carbocycles. The number of halogens is 2. The highest BCUT2D eigenvalue weighted by molar-refractivity contribution is 9.10. The van der Waals surface area contributed by atoms with Crippen LogP contribution in [0.4, 0.5) is 10.6 Å². The number of nitrogens with one attached hydrogen (secondary N) is 3. The Balaban J connectivity index is 1.37. The molecule has 1 heterocycles. The van der Waals surface area contributed by atoms with Crippen molar-refractivity contribution in [2.75, 3.05) is 5.32 Å². The van der Waals surface area contributed by atoms with Crippen LogP contribution in [-0.4, -0.2) is 28.2 Å². The number of benzene rings is 2. The van der Waals surface area contributed by atoms with Gasteiger partial charge in [-0.05, 0) is 52.0 Å². The Hall–Kier alpha value is -2.84. The Labute approximate surface area is 179 Å². The third-order valence-electron chi connectivity index (χ3n) is 4.60. The number of aromatic nitrogens is 2. The number of carbonyl (C=O) groups excluding carboxylic acids is 2. The molecule has 1 aromatic heterocycles. The molecule has 0 bridgehead atoms. The van der Waals surface area contributed by atoms with E-state index in [4.69, 9.17) is 16.3 Å². The minimum absolute atomic E-state index is 0.0208. The van der Waals surface area contributed by atoms with Gasteiger partial charge in [-0.3, -0.25) is 9.89 Å². The molecular formula is C20H16BrClN4O3. The molecule has 0 saturated heterocycles. The molecule has 0 unspecified atom stereocenters. The summed E-state index contributed by atoms with van der Waals surface area (Å²) < 4.78 is 5.60. The number of carbonyl (C=O) groups is 2. The monoisotopic (exact) mass is 474 g/mol. The number of nitrogens with zero attached hydrogens (tertiary/aromatic N) is 1. The smallest absolute Gasteiger partial charge is 0.388 e. The summed E-state index contributed by atoms with van der Waals surface area (Å²) in [4.78, 5) is 24.6. The van der Waals surface area contributed by atoms with E-state index in [-0.39, 0.29) is 17.7 Å². The lowest BCUT2D eigenvalue weighted by Crippen LogP contribution is -2.37. The summed E-state index contributed by atoms with van der Waals surface area (Å²) in [5.74, 6) is -0.141. The molecule has 0 fully saturated rings. The number of anilines is 1. The van der Waals surface area contributed by atoms with Crippen molar-refractivity contribution in [1.29, 1.82) is 0 Å². The van der Waals surface area contributed by atoms with E-state index in [0.29, 0.717) is 15.1 Å². The van der Waals surface area contributed by atoms with Gasteiger partial charge in [-0.1, -0.05) is 48.0 Å². The summed E-state index contributed by atoms with van der Waals surface area (Å²) in [5, 5.41) is 12.4. The second-order valence-corrected chi connectivity index (χ2v) is 7.76. The standard InChI is InChI=1S/C20H16BrClN4O3/c21-16-17(24-18(27)14-7-3-4-8-15(14)22)25-26-19(16)29-20(28)23-13-9-11-5-1-2-6-12(11)10-13/h1-8,13H,9-10H2,(H,23,28)(H2,24,25,26,27). The zero-order valence-corrected chi connectivity index (χ0v) is 17.4. The van der Waals surface area contributed by atoms with Crippen molar-refractivity contribution in [3.05, 3.63) is 74.7 Å². The predicted octanol–water partition coefficient (Wildman–Crippen LogP) is 4.33. The molecule has 0 aliphatic heterocycles. The van der Waals surface area contributed by atoms with E-state index in [0.717, 1.165) is 12.8 Å². The van der Waals surface area contributed by atoms with Gasteiger partial charge in [0.2, 0.25) is 0 Å². The predicted molar refractivity (Wildman–Crippen MR) is 112 cm³/mol. The van der Waals surface area contributed by atoms with Crippen molar-refractivity contribution in [1.82, 2.24) is 15.5 Å². The van der Waals surface area contributed by atoms with Gasteiger partial charge in [-0.15, -0.1) is 5.10 Å². The number of H-pyrrole nitrogens is 1. The lowest BCUT2D eigenvalue weighted by atomic mass is 10.1. The lowest BCUT2D eigenvalue weighted by molar-refractivity contribution is 0.102. The van der Waals surface area contributed by atoms with Crippen LogP contribution in [0.25, 0.3) is 0 Å². The SMILES string of the molecule is O=C(NC1Cc2ccccc2C1)Oc1n[nH]c(NC(=O)c2ccccc2Cl)c1Br. The fraction of sp³-hybridized carbons (Fsp3) is 0.150. The number of hydrogen-bond acceptors (Lipinski definition) is 4. The maximum atomic E-state index is 12.4. The van der Waals surface area contributed by atoms with Crippen molar-refractivity contribution in [3.8, 4) is 5.88 Å². The average Bonchev–Trinajstić information content (AvgIpc) is 3.25. The van der Waals surface area contributed by atoms with Gasteiger partial charge in [0, 0.05) is 6.04 Å². The van der Waals surface area contributed by atoms with E-state index in [9.17, 15) is 9.59 Å². The Morgan fingerprint density at radius 2 is 1.76 bits per heavy atom. The van der Waals surface area contributed by atoms with E-state index in [2.05, 4.69) is 48.9 Å². The van der Waals surface area contributed by atoms with E-state index < -0.39 is 12.0 Å². The van der Waals surface area contributed by atoms with Crippen LogP contribution in [0.1, 0.15) is 21.5 Å². The van der Waals surface area contributed by atoms with Crippen molar-refractivity contribution in [3.63, 3.8) is 0 Å². The van der Waals surface area contributed by atoms with E-state index >= 15 is 0 Å². The molecule has 7 nitrogen and oxygen atoms in total. The summed E-state index contributed by atoms with van der Waals surface area (Å²) in [6.07, 6.45) is 0.900. The van der Waals surface area contributed by atoms with Gasteiger partial charge in [-0.25, -0.2) is 4.79 Å². The van der Waals surface area contributed by atoms with Crippen LogP contribution in [0.5, 0.6) is 5.88 Å². The number of ether oxygens (including phenoxy) is 1. The molecule has 29 heavy (non-hydrogen) atoms. The van der Waals surface area contributed by atoms with E-state index in [1.54, 1.807) is 24.3 Å². The Morgan fingerprint density at radius 3 is 2.45 bits per heavy atom. The molecule has 1 aliphatic rings. The first-order valence-electron chi connectivity index (χ1n) is 8.86. The van der Waals surface area contributed by atoms with Crippen molar-refractivity contribution in [2.24, 2.45) is 0 Å². The van der Waals surface area contributed by atoms with E-state index in [1.165, 1.54) is 11.1 Å². The third kappa shape index (κ3) is 4.28. The summed E-state index contributed by atoms with van der Waals surface area (Å²) in [6.45, 7) is 0. The largest absolute Gasteiger partial charge is 0.414 e. The second kappa shape index (κ2) is 8.26. The quantitative estimate of drug-likeness (QED) is 0.523. The molecule has 0 radical (unpaired) electrons. The lowest BCUT2D eigenvalue weighted by Gasteiger charge is -2.11. The highest BCUT2D eigenvalue weighted by Gasteiger charge is 2.24. The third-order valence-corrected chi connectivity index (χ3v) is 5.66. The van der Waals surface area contributed by atoms with Gasteiger partial charge in [0.05, 0.1) is 10.6 Å². The van der Waals surface area contributed by atoms with Gasteiger partial charge in [0.1, 0.15) is 10.3 Å². The molecule has 2 amide bonds. The van der Waals surface area contributed by atoms with Crippen molar-refractivity contribution in [2.45, 2.75) is 18.9 Å². The summed E-state index contributed by atoms with van der Waals surface area (Å²) >= 11 is 9.33. The van der Waals surface area contributed by atoms with Gasteiger partial charge >= 0.3 is 6.09 Å². The van der Waals surface area contributed by atoms with Gasteiger partial charge in [0.15, 0.2) is 0 Å². The number of hydrogen-bond donors (Lipinski definition) is 3. The van der Waals surface area contributed by atoms with E-state index in [1.807, 2.05) is 12.1 Å². The number of aromatic amines is 1. The minimum atomic E-state index is -0.612. The first-order chi connectivity index (χ1) is 14.0. The van der Waals surface area contributed by atoms with Crippen LogP contribution >= 0.6 is 27.5 Å². The summed E-state index contributed by atoms with van der Waals surface area (Å²) in [6, 6.07) is 14.7. The molecule has 1 aliphatic carbocycles. The first-order valence-corrected chi connectivity index (χ1v) is 10.0. The minimum Gasteiger partial charge on any atom is -0.388 e. The highest BCUT2D eigenvalue weighted by atomic mass is 79.9. The zero-order valence-electron chi connectivity index (χ0n) is 15.0. The first kappa shape index (κ1) is 19.5. The molecule has 0 spiro atoms. The molecule has 3 aromatic rings. The molecular weight excluding hydrogens is 460 g/mol. The molecule has 4 rings (SSSR count). The maximum absolute atomic E-state index is 12.4. The molecule has 3 N–H and O–H groups in total.